The number of benzene rings is 1. The summed E-state index contributed by atoms with van der Waals surface area (Å²) in [5.74, 6) is -0.166. The van der Waals surface area contributed by atoms with Crippen molar-refractivity contribution in [3.8, 4) is 0 Å². The van der Waals surface area contributed by atoms with Gasteiger partial charge in [-0.25, -0.2) is 8.78 Å². The van der Waals surface area contributed by atoms with E-state index in [0.29, 0.717) is 17.0 Å². The third-order valence-corrected chi connectivity index (χ3v) is 3.92. The minimum Gasteiger partial charge on any atom is -0.317 e. The highest BCUT2D eigenvalue weighted by molar-refractivity contribution is 5.36. The van der Waals surface area contributed by atoms with Gasteiger partial charge in [-0.15, -0.1) is 0 Å². The van der Waals surface area contributed by atoms with Crippen LogP contribution in [0.5, 0.6) is 0 Å². The molecule has 1 fully saturated rings. The van der Waals surface area contributed by atoms with Crippen LogP contribution in [-0.2, 0) is 5.41 Å². The predicted molar refractivity (Wildman–Crippen MR) is 65.1 cm³/mol. The quantitative estimate of drug-likeness (QED) is 0.851. The van der Waals surface area contributed by atoms with Gasteiger partial charge in [0, 0.05) is 0 Å². The van der Waals surface area contributed by atoms with E-state index in [4.69, 9.17) is 0 Å². The van der Waals surface area contributed by atoms with Gasteiger partial charge >= 0.3 is 0 Å². The smallest absolute Gasteiger partial charge is 0.127 e. The maximum absolute atomic E-state index is 13.9. The Morgan fingerprint density at radius 2 is 2.06 bits per heavy atom. The van der Waals surface area contributed by atoms with Gasteiger partial charge in [-0.3, -0.25) is 0 Å². The van der Waals surface area contributed by atoms with Gasteiger partial charge in [0.15, 0.2) is 0 Å². The van der Waals surface area contributed by atoms with Gasteiger partial charge in [-0.05, 0) is 61.0 Å². The van der Waals surface area contributed by atoms with Crippen LogP contribution in [0.2, 0.25) is 0 Å². The molecule has 2 rings (SSSR count). The van der Waals surface area contributed by atoms with Crippen molar-refractivity contribution in [3.05, 3.63) is 34.9 Å². The lowest BCUT2D eigenvalue weighted by molar-refractivity contribution is 0.532. The standard InChI is InChI=1S/C14H19F2N/c1-4-17-8-10-7-14(10,3)11-6-12(15)9(2)5-13(11)16/h5-6,10,17H,4,7-8H2,1-3H3. The monoisotopic (exact) mass is 239 g/mol. The number of halogens is 2. The van der Waals surface area contributed by atoms with Crippen LogP contribution in [0.4, 0.5) is 8.78 Å². The van der Waals surface area contributed by atoms with Gasteiger partial charge in [0.25, 0.3) is 0 Å². The number of aryl methyl sites for hydroxylation is 1. The van der Waals surface area contributed by atoms with Gasteiger partial charge in [-0.1, -0.05) is 13.8 Å². The van der Waals surface area contributed by atoms with Crippen LogP contribution in [-0.4, -0.2) is 13.1 Å². The summed E-state index contributed by atoms with van der Waals surface area (Å²) in [6.07, 6.45) is 0.930. The second-order valence-corrected chi connectivity index (χ2v) is 5.21. The summed E-state index contributed by atoms with van der Waals surface area (Å²) < 4.78 is 27.4. The highest BCUT2D eigenvalue weighted by atomic mass is 19.1. The summed E-state index contributed by atoms with van der Waals surface area (Å²) in [5.41, 5.74) is 0.711. The van der Waals surface area contributed by atoms with Crippen LogP contribution in [0.1, 0.15) is 31.4 Å². The van der Waals surface area contributed by atoms with E-state index in [-0.39, 0.29) is 17.0 Å². The average Bonchev–Trinajstić information content (AvgIpc) is 2.93. The summed E-state index contributed by atoms with van der Waals surface area (Å²) in [7, 11) is 0. The van der Waals surface area contributed by atoms with E-state index < -0.39 is 0 Å². The fourth-order valence-corrected chi connectivity index (χ4v) is 2.48. The zero-order valence-electron chi connectivity index (χ0n) is 10.6. The summed E-state index contributed by atoms with van der Waals surface area (Å²) in [5, 5.41) is 3.26. The molecule has 1 aliphatic rings. The molecule has 1 aliphatic carbocycles. The molecule has 0 saturated heterocycles. The van der Waals surface area contributed by atoms with Crippen molar-refractivity contribution >= 4 is 0 Å². The second-order valence-electron chi connectivity index (χ2n) is 5.21. The van der Waals surface area contributed by atoms with Crippen LogP contribution in [0, 0.1) is 24.5 Å². The highest BCUT2D eigenvalue weighted by Gasteiger charge is 2.52. The molecule has 2 atom stereocenters. The fourth-order valence-electron chi connectivity index (χ4n) is 2.48. The number of hydrogen-bond donors (Lipinski definition) is 1. The topological polar surface area (TPSA) is 12.0 Å². The Morgan fingerprint density at radius 3 is 2.71 bits per heavy atom. The second kappa shape index (κ2) is 4.37. The highest BCUT2D eigenvalue weighted by Crippen LogP contribution is 2.54. The van der Waals surface area contributed by atoms with Crippen LogP contribution in [0.25, 0.3) is 0 Å². The molecule has 17 heavy (non-hydrogen) atoms. The molecule has 0 spiro atoms. The molecule has 1 aromatic carbocycles. The van der Waals surface area contributed by atoms with E-state index in [2.05, 4.69) is 5.32 Å². The van der Waals surface area contributed by atoms with Gasteiger partial charge in [-0.2, -0.15) is 0 Å². The van der Waals surface area contributed by atoms with Crippen molar-refractivity contribution in [2.45, 2.75) is 32.6 Å². The van der Waals surface area contributed by atoms with E-state index >= 15 is 0 Å². The molecule has 94 valence electrons. The SMILES string of the molecule is CCNCC1CC1(C)c1cc(F)c(C)cc1F. The molecule has 1 N–H and O–H groups in total. The molecule has 3 heteroatoms. The van der Waals surface area contributed by atoms with Crippen molar-refractivity contribution in [2.75, 3.05) is 13.1 Å². The first-order valence-electron chi connectivity index (χ1n) is 6.16. The lowest BCUT2D eigenvalue weighted by atomic mass is 9.93. The average molecular weight is 239 g/mol. The first-order valence-corrected chi connectivity index (χ1v) is 6.16. The minimum atomic E-state index is -0.309. The zero-order valence-corrected chi connectivity index (χ0v) is 10.6. The Balaban J connectivity index is 2.21. The van der Waals surface area contributed by atoms with E-state index in [1.807, 2.05) is 13.8 Å². The Bertz CT molecular complexity index is 430. The molecule has 1 aromatic rings. The number of rotatable bonds is 4. The van der Waals surface area contributed by atoms with Crippen molar-refractivity contribution in [3.63, 3.8) is 0 Å². The molecule has 0 radical (unpaired) electrons. The third kappa shape index (κ3) is 2.21. The molecular formula is C14H19F2N. The first-order chi connectivity index (χ1) is 7.99. The Hall–Kier alpha value is -0.960. The first kappa shape index (κ1) is 12.5. The molecule has 2 unspecified atom stereocenters. The predicted octanol–water partition coefficient (Wildman–Crippen LogP) is 3.16. The van der Waals surface area contributed by atoms with E-state index in [0.717, 1.165) is 19.5 Å². The Labute approximate surface area is 101 Å². The normalized spacial score (nSPS) is 27.2. The van der Waals surface area contributed by atoms with Crippen LogP contribution < -0.4 is 5.32 Å². The van der Waals surface area contributed by atoms with Gasteiger partial charge in [0.1, 0.15) is 11.6 Å². The molecule has 0 heterocycles. The molecule has 1 nitrogen and oxygen atoms in total. The third-order valence-electron chi connectivity index (χ3n) is 3.92. The van der Waals surface area contributed by atoms with E-state index in [1.54, 1.807) is 6.92 Å². The summed E-state index contributed by atoms with van der Waals surface area (Å²) >= 11 is 0. The minimum absolute atomic E-state index is 0.194. The lowest BCUT2D eigenvalue weighted by Crippen LogP contribution is -2.20. The van der Waals surface area contributed by atoms with Crippen LogP contribution >= 0.6 is 0 Å². The summed E-state index contributed by atoms with van der Waals surface area (Å²) in [6, 6.07) is 2.68. The molecule has 0 amide bonds. The Morgan fingerprint density at radius 1 is 1.35 bits per heavy atom. The van der Waals surface area contributed by atoms with E-state index in [1.165, 1.54) is 12.1 Å². The molecule has 0 bridgehead atoms. The largest absolute Gasteiger partial charge is 0.317 e. The maximum atomic E-state index is 13.9. The Kier molecular flexibility index (Phi) is 3.21. The van der Waals surface area contributed by atoms with Crippen LogP contribution in [0.3, 0.4) is 0 Å². The zero-order chi connectivity index (χ0) is 12.6. The van der Waals surface area contributed by atoms with Gasteiger partial charge in [0.2, 0.25) is 0 Å². The van der Waals surface area contributed by atoms with Crippen molar-refractivity contribution in [2.24, 2.45) is 5.92 Å². The van der Waals surface area contributed by atoms with E-state index in [9.17, 15) is 8.78 Å². The van der Waals surface area contributed by atoms with Gasteiger partial charge in [0.05, 0.1) is 0 Å². The lowest BCUT2D eigenvalue weighted by Gasteiger charge is -2.14. The number of hydrogen-bond acceptors (Lipinski definition) is 1. The molecular weight excluding hydrogens is 220 g/mol. The van der Waals surface area contributed by atoms with Gasteiger partial charge < -0.3 is 5.32 Å². The summed E-state index contributed by atoms with van der Waals surface area (Å²) in [6.45, 7) is 7.45. The maximum Gasteiger partial charge on any atom is 0.127 e. The van der Waals surface area contributed by atoms with Crippen molar-refractivity contribution in [1.82, 2.24) is 5.32 Å². The molecule has 1 saturated carbocycles. The molecule has 0 aromatic heterocycles. The van der Waals surface area contributed by atoms with Crippen molar-refractivity contribution < 1.29 is 8.78 Å². The van der Waals surface area contributed by atoms with Crippen LogP contribution in [0.15, 0.2) is 12.1 Å². The molecule has 0 aliphatic heterocycles. The van der Waals surface area contributed by atoms with Crippen molar-refractivity contribution in [1.29, 1.82) is 0 Å². The summed E-state index contributed by atoms with van der Waals surface area (Å²) in [4.78, 5) is 0. The number of nitrogens with one attached hydrogen (secondary N) is 1. The fraction of sp³-hybridized carbons (Fsp3) is 0.571.